The second-order valence-electron chi connectivity index (χ2n) is 5.31. The van der Waals surface area contributed by atoms with Gasteiger partial charge in [-0.25, -0.2) is 0 Å². The van der Waals surface area contributed by atoms with Crippen LogP contribution in [0.5, 0.6) is 0 Å². The van der Waals surface area contributed by atoms with E-state index in [2.05, 4.69) is 17.6 Å². The molecular weight excluding hydrogens is 266 g/mol. The third-order valence-corrected chi connectivity index (χ3v) is 3.08. The first-order valence-electron chi connectivity index (χ1n) is 7.35. The Morgan fingerprint density at radius 3 is 2.33 bits per heavy atom. The van der Waals surface area contributed by atoms with E-state index in [1.807, 2.05) is 43.3 Å². The normalized spacial score (nSPS) is 10.5. The van der Waals surface area contributed by atoms with Gasteiger partial charge in [-0.1, -0.05) is 25.5 Å². The standard InChI is InChI=1S/C16H25N3O2/c1-4-5-6-13-7-9-14(10-8-13)18-16(21)15(20)17-11-12-19(2)3/h7-10H,4-6,11-12H2,1-3H3,(H,17,20)(H,18,21). The zero-order chi connectivity index (χ0) is 15.7. The van der Waals surface area contributed by atoms with Crippen LogP contribution < -0.4 is 10.6 Å². The molecule has 1 rings (SSSR count). The van der Waals surface area contributed by atoms with Crippen LogP contribution in [0.3, 0.4) is 0 Å². The lowest BCUT2D eigenvalue weighted by Crippen LogP contribution is -2.38. The highest BCUT2D eigenvalue weighted by atomic mass is 16.2. The van der Waals surface area contributed by atoms with Crippen LogP contribution in [-0.2, 0) is 16.0 Å². The van der Waals surface area contributed by atoms with E-state index in [9.17, 15) is 9.59 Å². The van der Waals surface area contributed by atoms with Gasteiger partial charge in [0, 0.05) is 18.8 Å². The van der Waals surface area contributed by atoms with Crippen molar-refractivity contribution in [3.05, 3.63) is 29.8 Å². The van der Waals surface area contributed by atoms with Gasteiger partial charge in [-0.2, -0.15) is 0 Å². The summed E-state index contributed by atoms with van der Waals surface area (Å²) in [6, 6.07) is 7.62. The number of amides is 2. The van der Waals surface area contributed by atoms with E-state index in [0.29, 0.717) is 18.8 Å². The minimum Gasteiger partial charge on any atom is -0.347 e. The number of carbonyl (C=O) groups is 2. The molecule has 0 saturated heterocycles. The molecule has 5 nitrogen and oxygen atoms in total. The van der Waals surface area contributed by atoms with Gasteiger partial charge in [0.25, 0.3) is 0 Å². The van der Waals surface area contributed by atoms with E-state index in [0.717, 1.165) is 19.3 Å². The van der Waals surface area contributed by atoms with Gasteiger partial charge in [-0.05, 0) is 44.6 Å². The van der Waals surface area contributed by atoms with Crippen molar-refractivity contribution >= 4 is 17.5 Å². The van der Waals surface area contributed by atoms with Crippen LogP contribution in [-0.4, -0.2) is 43.9 Å². The molecule has 0 aromatic heterocycles. The quantitative estimate of drug-likeness (QED) is 0.751. The first-order chi connectivity index (χ1) is 10.0. The molecule has 0 bridgehead atoms. The molecule has 116 valence electrons. The van der Waals surface area contributed by atoms with Crippen molar-refractivity contribution in [1.29, 1.82) is 0 Å². The summed E-state index contributed by atoms with van der Waals surface area (Å²) in [5.74, 6) is -1.23. The number of likely N-dealkylation sites (N-methyl/N-ethyl adjacent to an activating group) is 1. The fourth-order valence-electron chi connectivity index (χ4n) is 1.80. The van der Waals surface area contributed by atoms with E-state index in [4.69, 9.17) is 0 Å². The van der Waals surface area contributed by atoms with Gasteiger partial charge >= 0.3 is 11.8 Å². The predicted octanol–water partition coefficient (Wildman–Crippen LogP) is 1.65. The molecular formula is C16H25N3O2. The Balaban J connectivity index is 2.41. The molecule has 1 aromatic rings. The highest BCUT2D eigenvalue weighted by Gasteiger charge is 2.12. The summed E-state index contributed by atoms with van der Waals surface area (Å²) in [4.78, 5) is 25.2. The Labute approximate surface area is 126 Å². The van der Waals surface area contributed by atoms with Crippen molar-refractivity contribution in [2.45, 2.75) is 26.2 Å². The lowest BCUT2D eigenvalue weighted by Gasteiger charge is -2.10. The van der Waals surface area contributed by atoms with Crippen LogP contribution in [0.2, 0.25) is 0 Å². The molecule has 0 fully saturated rings. The van der Waals surface area contributed by atoms with Gasteiger partial charge in [0.05, 0.1) is 0 Å². The van der Waals surface area contributed by atoms with Crippen molar-refractivity contribution in [3.8, 4) is 0 Å². The third kappa shape index (κ3) is 6.90. The van der Waals surface area contributed by atoms with Gasteiger partial charge in [-0.15, -0.1) is 0 Å². The van der Waals surface area contributed by atoms with E-state index >= 15 is 0 Å². The number of nitrogens with zero attached hydrogens (tertiary/aromatic N) is 1. The molecule has 0 aliphatic rings. The maximum absolute atomic E-state index is 11.7. The molecule has 0 aliphatic heterocycles. The summed E-state index contributed by atoms with van der Waals surface area (Å²) in [7, 11) is 3.82. The van der Waals surface area contributed by atoms with Crippen molar-refractivity contribution in [2.24, 2.45) is 0 Å². The number of benzene rings is 1. The van der Waals surface area contributed by atoms with Gasteiger partial charge in [-0.3, -0.25) is 9.59 Å². The van der Waals surface area contributed by atoms with Crippen LogP contribution in [0, 0.1) is 0 Å². The first kappa shape index (κ1) is 17.2. The number of nitrogens with one attached hydrogen (secondary N) is 2. The summed E-state index contributed by atoms with van der Waals surface area (Å²) in [5, 5.41) is 5.18. The molecule has 21 heavy (non-hydrogen) atoms. The summed E-state index contributed by atoms with van der Waals surface area (Å²) in [6.07, 6.45) is 3.35. The highest BCUT2D eigenvalue weighted by molar-refractivity contribution is 6.39. The topological polar surface area (TPSA) is 61.4 Å². The molecule has 2 N–H and O–H groups in total. The highest BCUT2D eigenvalue weighted by Crippen LogP contribution is 2.11. The van der Waals surface area contributed by atoms with Crippen LogP contribution in [0.4, 0.5) is 5.69 Å². The lowest BCUT2D eigenvalue weighted by atomic mass is 10.1. The van der Waals surface area contributed by atoms with Gasteiger partial charge in [0.15, 0.2) is 0 Å². The number of aryl methyl sites for hydroxylation is 1. The predicted molar refractivity (Wildman–Crippen MR) is 85.2 cm³/mol. The summed E-state index contributed by atoms with van der Waals surface area (Å²) in [5.41, 5.74) is 1.88. The second kappa shape index (κ2) is 9.13. The molecule has 0 aliphatic carbocycles. The minimum atomic E-state index is -0.630. The Bertz CT molecular complexity index is 455. The molecule has 0 unspecified atom stereocenters. The van der Waals surface area contributed by atoms with E-state index < -0.39 is 11.8 Å². The van der Waals surface area contributed by atoms with Crippen LogP contribution in [0.15, 0.2) is 24.3 Å². The van der Waals surface area contributed by atoms with Crippen molar-refractivity contribution in [3.63, 3.8) is 0 Å². The fourth-order valence-corrected chi connectivity index (χ4v) is 1.80. The van der Waals surface area contributed by atoms with Gasteiger partial charge < -0.3 is 15.5 Å². The minimum absolute atomic E-state index is 0.454. The van der Waals surface area contributed by atoms with Crippen LogP contribution in [0.1, 0.15) is 25.3 Å². The van der Waals surface area contributed by atoms with Crippen molar-refractivity contribution in [1.82, 2.24) is 10.2 Å². The number of unbranched alkanes of at least 4 members (excludes halogenated alkanes) is 1. The number of rotatable bonds is 7. The van der Waals surface area contributed by atoms with Crippen molar-refractivity contribution in [2.75, 3.05) is 32.5 Å². The SMILES string of the molecule is CCCCc1ccc(NC(=O)C(=O)NCCN(C)C)cc1. The molecule has 5 heteroatoms. The number of hydrogen-bond acceptors (Lipinski definition) is 3. The molecule has 0 saturated carbocycles. The Morgan fingerprint density at radius 1 is 1.10 bits per heavy atom. The Kier molecular flexibility index (Phi) is 7.46. The molecule has 1 aromatic carbocycles. The summed E-state index contributed by atoms with van der Waals surface area (Å²) >= 11 is 0. The third-order valence-electron chi connectivity index (χ3n) is 3.08. The van der Waals surface area contributed by atoms with Crippen LogP contribution in [0.25, 0.3) is 0 Å². The zero-order valence-corrected chi connectivity index (χ0v) is 13.1. The molecule has 0 atom stereocenters. The van der Waals surface area contributed by atoms with Gasteiger partial charge in [0.2, 0.25) is 0 Å². The Hall–Kier alpha value is -1.88. The molecule has 0 radical (unpaired) electrons. The van der Waals surface area contributed by atoms with E-state index in [1.165, 1.54) is 5.56 Å². The number of carbonyl (C=O) groups excluding carboxylic acids is 2. The summed E-state index contributed by atoms with van der Waals surface area (Å²) < 4.78 is 0. The molecule has 2 amide bonds. The number of hydrogen-bond donors (Lipinski definition) is 2. The fraction of sp³-hybridized carbons (Fsp3) is 0.500. The second-order valence-corrected chi connectivity index (χ2v) is 5.31. The maximum Gasteiger partial charge on any atom is 0.313 e. The maximum atomic E-state index is 11.7. The van der Waals surface area contributed by atoms with Gasteiger partial charge in [0.1, 0.15) is 0 Å². The molecule has 0 heterocycles. The average molecular weight is 291 g/mol. The average Bonchev–Trinajstić information content (AvgIpc) is 2.46. The summed E-state index contributed by atoms with van der Waals surface area (Å²) in [6.45, 7) is 3.31. The lowest BCUT2D eigenvalue weighted by molar-refractivity contribution is -0.136. The molecule has 0 spiro atoms. The van der Waals surface area contributed by atoms with Crippen LogP contribution >= 0.6 is 0 Å². The smallest absolute Gasteiger partial charge is 0.313 e. The number of anilines is 1. The zero-order valence-electron chi connectivity index (χ0n) is 13.1. The monoisotopic (exact) mass is 291 g/mol. The van der Waals surface area contributed by atoms with Crippen molar-refractivity contribution < 1.29 is 9.59 Å². The first-order valence-corrected chi connectivity index (χ1v) is 7.35. The Morgan fingerprint density at radius 2 is 1.76 bits per heavy atom. The largest absolute Gasteiger partial charge is 0.347 e. The van der Waals surface area contributed by atoms with E-state index in [1.54, 1.807) is 0 Å². The van der Waals surface area contributed by atoms with E-state index in [-0.39, 0.29) is 0 Å².